The van der Waals surface area contributed by atoms with Gasteiger partial charge < -0.3 is 19.7 Å². The minimum atomic E-state index is -0.967. The third-order valence-corrected chi connectivity index (χ3v) is 5.36. The van der Waals surface area contributed by atoms with Crippen molar-refractivity contribution in [2.24, 2.45) is 0 Å². The van der Waals surface area contributed by atoms with Crippen LogP contribution in [0.4, 0.5) is 5.82 Å². The van der Waals surface area contributed by atoms with Crippen LogP contribution in [0.25, 0.3) is 0 Å². The molecule has 7 nitrogen and oxygen atoms in total. The molecule has 3 heterocycles. The second-order valence-electron chi connectivity index (χ2n) is 7.28. The van der Waals surface area contributed by atoms with E-state index in [1.165, 1.54) is 0 Å². The number of furan rings is 1. The number of aromatic nitrogens is 2. The first-order chi connectivity index (χ1) is 12.6. The van der Waals surface area contributed by atoms with Gasteiger partial charge in [0, 0.05) is 44.0 Å². The van der Waals surface area contributed by atoms with Crippen molar-refractivity contribution >= 4 is 11.7 Å². The van der Waals surface area contributed by atoms with Crippen molar-refractivity contribution in [3.8, 4) is 0 Å². The summed E-state index contributed by atoms with van der Waals surface area (Å²) in [6, 6.07) is 0. The second kappa shape index (κ2) is 6.72. The molecule has 26 heavy (non-hydrogen) atoms. The van der Waals surface area contributed by atoms with Crippen LogP contribution in [-0.2, 0) is 12.8 Å². The highest BCUT2D eigenvalue weighted by Crippen LogP contribution is 2.30. The van der Waals surface area contributed by atoms with Gasteiger partial charge in [0.05, 0.1) is 11.8 Å². The van der Waals surface area contributed by atoms with Gasteiger partial charge in [0.25, 0.3) is 5.91 Å². The number of rotatable bonds is 4. The van der Waals surface area contributed by atoms with E-state index in [4.69, 9.17) is 4.42 Å². The Labute approximate surface area is 152 Å². The highest BCUT2D eigenvalue weighted by Gasteiger charge is 2.37. The largest absolute Gasteiger partial charge is 0.465 e. The summed E-state index contributed by atoms with van der Waals surface area (Å²) in [5.74, 6) is 2.22. The zero-order valence-corrected chi connectivity index (χ0v) is 15.0. The first-order valence-electron chi connectivity index (χ1n) is 9.18. The number of aliphatic hydroxyl groups is 1. The number of carbonyl (C=O) groups excluding carboxylic acids is 1. The zero-order chi connectivity index (χ0) is 18.1. The average molecular weight is 356 g/mol. The van der Waals surface area contributed by atoms with Crippen LogP contribution in [0.2, 0.25) is 0 Å². The van der Waals surface area contributed by atoms with Crippen molar-refractivity contribution in [3.63, 3.8) is 0 Å². The fraction of sp³-hybridized carbons (Fsp3) is 0.526. The summed E-state index contributed by atoms with van der Waals surface area (Å²) >= 11 is 0. The van der Waals surface area contributed by atoms with Crippen LogP contribution in [0.1, 0.15) is 46.7 Å². The molecule has 0 saturated carbocycles. The minimum absolute atomic E-state index is 0.152. The van der Waals surface area contributed by atoms with Crippen molar-refractivity contribution in [1.82, 2.24) is 15.3 Å². The quantitative estimate of drug-likeness (QED) is 0.865. The maximum atomic E-state index is 12.7. The Morgan fingerprint density at radius 2 is 2.23 bits per heavy atom. The van der Waals surface area contributed by atoms with Crippen LogP contribution in [-0.4, -0.2) is 46.2 Å². The molecule has 7 heteroatoms. The zero-order valence-electron chi connectivity index (χ0n) is 15.0. The Balaban J connectivity index is 1.41. The lowest BCUT2D eigenvalue weighted by Gasteiger charge is -2.24. The molecule has 1 saturated heterocycles. The molecule has 1 amide bonds. The summed E-state index contributed by atoms with van der Waals surface area (Å²) in [6.07, 6.45) is 9.51. The van der Waals surface area contributed by atoms with Gasteiger partial charge in [-0.05, 0) is 32.6 Å². The topological polar surface area (TPSA) is 91.5 Å². The molecule has 0 aromatic carbocycles. The number of β-amino-alcohol motifs (C(OH)–C–C–N with tert-alkyl or cyclic N) is 1. The van der Waals surface area contributed by atoms with Crippen molar-refractivity contribution in [1.29, 1.82) is 0 Å². The van der Waals surface area contributed by atoms with Crippen LogP contribution in [0.3, 0.4) is 0 Å². The van der Waals surface area contributed by atoms with Gasteiger partial charge in [-0.1, -0.05) is 0 Å². The second-order valence-corrected chi connectivity index (χ2v) is 7.28. The Hall–Kier alpha value is -2.41. The van der Waals surface area contributed by atoms with Gasteiger partial charge in [-0.15, -0.1) is 0 Å². The monoisotopic (exact) mass is 356 g/mol. The van der Waals surface area contributed by atoms with Crippen molar-refractivity contribution in [2.45, 2.75) is 44.6 Å². The number of anilines is 1. The normalized spacial score (nSPS) is 22.3. The van der Waals surface area contributed by atoms with Gasteiger partial charge in [-0.2, -0.15) is 0 Å². The van der Waals surface area contributed by atoms with Crippen LogP contribution in [0.5, 0.6) is 0 Å². The number of amides is 1. The Bertz CT molecular complexity index is 805. The Morgan fingerprint density at radius 3 is 3.04 bits per heavy atom. The van der Waals surface area contributed by atoms with E-state index >= 15 is 0 Å². The maximum absolute atomic E-state index is 12.7. The summed E-state index contributed by atoms with van der Waals surface area (Å²) in [4.78, 5) is 23.1. The molecular formula is C19H24N4O3. The van der Waals surface area contributed by atoms with Crippen LogP contribution < -0.4 is 10.2 Å². The molecule has 0 bridgehead atoms. The molecule has 1 aliphatic heterocycles. The number of nitrogens with one attached hydrogen (secondary N) is 1. The highest BCUT2D eigenvalue weighted by molar-refractivity contribution is 5.97. The summed E-state index contributed by atoms with van der Waals surface area (Å²) < 4.78 is 5.78. The van der Waals surface area contributed by atoms with Gasteiger partial charge in [-0.25, -0.2) is 4.98 Å². The number of fused-ring (bicyclic) bond motifs is 1. The van der Waals surface area contributed by atoms with Crippen molar-refractivity contribution in [3.05, 3.63) is 41.2 Å². The van der Waals surface area contributed by atoms with Gasteiger partial charge in [0.1, 0.15) is 22.9 Å². The average Bonchev–Trinajstić information content (AvgIpc) is 3.21. The van der Waals surface area contributed by atoms with E-state index < -0.39 is 5.60 Å². The smallest absolute Gasteiger partial charge is 0.255 e. The van der Waals surface area contributed by atoms with E-state index in [0.717, 1.165) is 42.8 Å². The maximum Gasteiger partial charge on any atom is 0.255 e. The molecule has 2 aromatic rings. The summed E-state index contributed by atoms with van der Waals surface area (Å²) in [6.45, 7) is 3.16. The number of aryl methyl sites for hydroxylation is 2. The fourth-order valence-corrected chi connectivity index (χ4v) is 3.98. The lowest BCUT2D eigenvalue weighted by atomic mass is 9.94. The Kier molecular flexibility index (Phi) is 4.40. The van der Waals surface area contributed by atoms with Gasteiger partial charge in [0.2, 0.25) is 0 Å². The SMILES string of the molecule is Cc1oc2c(c1C(=O)NC[C@@]1(O)CCN(c3cnccn3)C1)CCCC2. The number of hydrogen-bond donors (Lipinski definition) is 2. The van der Waals surface area contributed by atoms with E-state index in [0.29, 0.717) is 30.8 Å². The number of carbonyl (C=O) groups is 1. The van der Waals surface area contributed by atoms with E-state index in [2.05, 4.69) is 15.3 Å². The molecule has 2 N–H and O–H groups in total. The fourth-order valence-electron chi connectivity index (χ4n) is 3.98. The molecule has 4 rings (SSSR count). The molecule has 2 aliphatic rings. The van der Waals surface area contributed by atoms with E-state index in [9.17, 15) is 9.90 Å². The van der Waals surface area contributed by atoms with Crippen molar-refractivity contribution < 1.29 is 14.3 Å². The molecule has 0 unspecified atom stereocenters. The van der Waals surface area contributed by atoms with E-state index in [-0.39, 0.29) is 12.5 Å². The number of hydrogen-bond acceptors (Lipinski definition) is 6. The third kappa shape index (κ3) is 3.19. The standard InChI is InChI=1S/C19H24N4O3/c1-13-17(14-4-2-3-5-15(14)26-13)18(24)22-11-19(25)6-9-23(12-19)16-10-20-7-8-21-16/h7-8,10,25H,2-6,9,11-12H2,1H3,(H,22,24)/t19-/m0/s1. The molecule has 0 radical (unpaired) electrons. The molecule has 138 valence electrons. The lowest BCUT2D eigenvalue weighted by Crippen LogP contribution is -2.45. The van der Waals surface area contributed by atoms with Gasteiger partial charge in [0.15, 0.2) is 0 Å². The third-order valence-electron chi connectivity index (χ3n) is 5.36. The van der Waals surface area contributed by atoms with E-state index in [1.807, 2.05) is 11.8 Å². The molecule has 0 spiro atoms. The predicted octanol–water partition coefficient (Wildman–Crippen LogP) is 1.63. The van der Waals surface area contributed by atoms with Crippen LogP contribution >= 0.6 is 0 Å². The molecule has 1 atom stereocenters. The summed E-state index contributed by atoms with van der Waals surface area (Å²) in [5, 5.41) is 13.8. The molecule has 1 aliphatic carbocycles. The van der Waals surface area contributed by atoms with Crippen molar-refractivity contribution in [2.75, 3.05) is 24.5 Å². The van der Waals surface area contributed by atoms with Crippen LogP contribution in [0.15, 0.2) is 23.0 Å². The molecule has 1 fully saturated rings. The lowest BCUT2D eigenvalue weighted by molar-refractivity contribution is 0.0575. The Morgan fingerprint density at radius 1 is 1.38 bits per heavy atom. The summed E-state index contributed by atoms with van der Waals surface area (Å²) in [7, 11) is 0. The van der Waals surface area contributed by atoms with Gasteiger partial charge >= 0.3 is 0 Å². The van der Waals surface area contributed by atoms with Crippen LogP contribution in [0, 0.1) is 6.92 Å². The molecule has 2 aromatic heterocycles. The minimum Gasteiger partial charge on any atom is -0.465 e. The van der Waals surface area contributed by atoms with Gasteiger partial charge in [-0.3, -0.25) is 9.78 Å². The predicted molar refractivity (Wildman–Crippen MR) is 96.2 cm³/mol. The molecular weight excluding hydrogens is 332 g/mol. The van der Waals surface area contributed by atoms with E-state index in [1.54, 1.807) is 18.6 Å². The first-order valence-corrected chi connectivity index (χ1v) is 9.18. The summed E-state index contributed by atoms with van der Waals surface area (Å²) in [5.41, 5.74) is 0.739. The first kappa shape index (κ1) is 17.0. The highest BCUT2D eigenvalue weighted by atomic mass is 16.3. The number of nitrogens with zero attached hydrogens (tertiary/aromatic N) is 3.